The molecular weight excluding hydrogens is 232 g/mol. The van der Waals surface area contributed by atoms with Gasteiger partial charge in [-0.05, 0) is 18.6 Å². The number of carboxylic acids is 1. The quantitative estimate of drug-likeness (QED) is 0.837. The molecule has 1 aromatic heterocycles. The second kappa shape index (κ2) is 4.09. The number of hydrogen-bond acceptors (Lipinski definition) is 3. The number of pyridine rings is 1. The van der Waals surface area contributed by atoms with Crippen molar-refractivity contribution in [2.45, 2.75) is 6.42 Å². The van der Waals surface area contributed by atoms with Gasteiger partial charge in [-0.3, -0.25) is 9.59 Å². The van der Waals surface area contributed by atoms with E-state index < -0.39 is 17.8 Å². The molecule has 1 saturated carbocycles. The summed E-state index contributed by atoms with van der Waals surface area (Å²) in [4.78, 5) is 26.0. The lowest BCUT2D eigenvalue weighted by Gasteiger charge is -2.02. The van der Waals surface area contributed by atoms with Crippen LogP contribution in [0.1, 0.15) is 6.42 Å². The normalized spacial score (nSPS) is 22.6. The molecule has 6 heteroatoms. The number of halogens is 1. The lowest BCUT2D eigenvalue weighted by molar-refractivity contribution is -0.139. The summed E-state index contributed by atoms with van der Waals surface area (Å²) in [6.45, 7) is 0. The number of hydrogen-bond donors (Lipinski definition) is 2. The molecule has 0 radical (unpaired) electrons. The number of rotatable bonds is 3. The summed E-state index contributed by atoms with van der Waals surface area (Å²) in [7, 11) is 0. The van der Waals surface area contributed by atoms with Crippen LogP contribution in [0.25, 0.3) is 0 Å². The van der Waals surface area contributed by atoms with Crippen LogP contribution in [0.2, 0.25) is 5.02 Å². The molecule has 0 spiro atoms. The van der Waals surface area contributed by atoms with Gasteiger partial charge in [0.25, 0.3) is 0 Å². The van der Waals surface area contributed by atoms with Gasteiger partial charge in [0.15, 0.2) is 0 Å². The maximum Gasteiger partial charge on any atom is 0.307 e. The average molecular weight is 241 g/mol. The Labute approximate surface area is 96.4 Å². The maximum atomic E-state index is 11.5. The van der Waals surface area contributed by atoms with Crippen LogP contribution >= 0.6 is 11.6 Å². The molecular formula is C10H9ClN2O3. The molecule has 1 fully saturated rings. The van der Waals surface area contributed by atoms with Gasteiger partial charge in [-0.2, -0.15) is 0 Å². The summed E-state index contributed by atoms with van der Waals surface area (Å²) in [6, 6.07) is 3.17. The fraction of sp³-hybridized carbons (Fsp3) is 0.300. The topological polar surface area (TPSA) is 79.3 Å². The van der Waals surface area contributed by atoms with Crippen LogP contribution in [-0.4, -0.2) is 22.0 Å². The van der Waals surface area contributed by atoms with Crippen molar-refractivity contribution >= 4 is 29.3 Å². The van der Waals surface area contributed by atoms with Crippen molar-refractivity contribution in [1.82, 2.24) is 4.98 Å². The Morgan fingerprint density at radius 3 is 2.69 bits per heavy atom. The molecule has 2 rings (SSSR count). The second-order valence-electron chi connectivity index (χ2n) is 3.64. The summed E-state index contributed by atoms with van der Waals surface area (Å²) < 4.78 is 0. The first kappa shape index (κ1) is 10.9. The van der Waals surface area contributed by atoms with Crippen molar-refractivity contribution in [3.8, 4) is 0 Å². The lowest BCUT2D eigenvalue weighted by Crippen LogP contribution is -2.17. The number of nitrogens with zero attached hydrogens (tertiary/aromatic N) is 1. The first-order chi connectivity index (χ1) is 7.58. The van der Waals surface area contributed by atoms with E-state index in [9.17, 15) is 9.59 Å². The molecule has 2 N–H and O–H groups in total. The molecule has 16 heavy (non-hydrogen) atoms. The van der Waals surface area contributed by atoms with Gasteiger partial charge >= 0.3 is 5.97 Å². The van der Waals surface area contributed by atoms with Gasteiger partial charge in [-0.1, -0.05) is 11.6 Å². The first-order valence-electron chi connectivity index (χ1n) is 4.73. The number of carboxylic acid groups (broad SMARTS) is 1. The number of aromatic nitrogens is 1. The summed E-state index contributed by atoms with van der Waals surface area (Å²) in [5.41, 5.74) is 0. The van der Waals surface area contributed by atoms with Gasteiger partial charge in [0.2, 0.25) is 5.91 Å². The monoisotopic (exact) mass is 240 g/mol. The zero-order chi connectivity index (χ0) is 11.7. The third-order valence-electron chi connectivity index (χ3n) is 2.42. The predicted octanol–water partition coefficient (Wildman–Crippen LogP) is 1.39. The fourth-order valence-electron chi connectivity index (χ4n) is 1.43. The van der Waals surface area contributed by atoms with Crippen molar-refractivity contribution in [1.29, 1.82) is 0 Å². The molecule has 2 atom stereocenters. The van der Waals surface area contributed by atoms with Crippen molar-refractivity contribution in [3.05, 3.63) is 23.4 Å². The minimum Gasteiger partial charge on any atom is -0.481 e. The second-order valence-corrected chi connectivity index (χ2v) is 4.07. The van der Waals surface area contributed by atoms with Gasteiger partial charge in [0.05, 0.1) is 16.9 Å². The predicted molar refractivity (Wildman–Crippen MR) is 57.1 cm³/mol. The van der Waals surface area contributed by atoms with Crippen LogP contribution < -0.4 is 5.32 Å². The number of carbonyl (C=O) groups excluding carboxylic acids is 1. The Morgan fingerprint density at radius 2 is 2.19 bits per heavy atom. The standard InChI is InChI=1S/C10H9ClN2O3/c11-5-1-2-8(12-4-5)13-9(14)6-3-7(6)10(15)16/h1-2,4,6-7H,3H2,(H,15,16)(H,12,13,14). The largest absolute Gasteiger partial charge is 0.481 e. The van der Waals surface area contributed by atoms with Crippen molar-refractivity contribution in [3.63, 3.8) is 0 Å². The van der Waals surface area contributed by atoms with Crippen LogP contribution in [-0.2, 0) is 9.59 Å². The molecule has 1 heterocycles. The highest BCUT2D eigenvalue weighted by Gasteiger charge is 2.48. The fourth-order valence-corrected chi connectivity index (χ4v) is 1.54. The first-order valence-corrected chi connectivity index (χ1v) is 5.11. The van der Waals surface area contributed by atoms with Crippen LogP contribution in [0.3, 0.4) is 0 Å². The highest BCUT2D eigenvalue weighted by Crippen LogP contribution is 2.39. The molecule has 0 aliphatic heterocycles. The Bertz CT molecular complexity index is 432. The smallest absolute Gasteiger partial charge is 0.307 e. The molecule has 0 saturated heterocycles. The van der Waals surface area contributed by atoms with E-state index in [1.54, 1.807) is 12.1 Å². The van der Waals surface area contributed by atoms with Gasteiger partial charge in [0.1, 0.15) is 5.82 Å². The average Bonchev–Trinajstić information content (AvgIpc) is 3.01. The third kappa shape index (κ3) is 2.30. The zero-order valence-electron chi connectivity index (χ0n) is 8.18. The number of nitrogens with one attached hydrogen (secondary N) is 1. The molecule has 1 aromatic rings. The van der Waals surface area contributed by atoms with Crippen LogP contribution in [0, 0.1) is 11.8 Å². The van der Waals surface area contributed by atoms with Crippen LogP contribution in [0.5, 0.6) is 0 Å². The van der Waals surface area contributed by atoms with Crippen molar-refractivity contribution in [2.24, 2.45) is 11.8 Å². The van der Waals surface area contributed by atoms with Crippen molar-refractivity contribution in [2.75, 3.05) is 5.32 Å². The van der Waals surface area contributed by atoms with E-state index in [0.29, 0.717) is 17.3 Å². The highest BCUT2D eigenvalue weighted by atomic mass is 35.5. The van der Waals surface area contributed by atoms with E-state index in [-0.39, 0.29) is 5.91 Å². The van der Waals surface area contributed by atoms with E-state index >= 15 is 0 Å². The molecule has 84 valence electrons. The molecule has 5 nitrogen and oxygen atoms in total. The Balaban J connectivity index is 1.94. The van der Waals surface area contributed by atoms with Gasteiger partial charge in [-0.15, -0.1) is 0 Å². The summed E-state index contributed by atoms with van der Waals surface area (Å²) in [6.07, 6.45) is 1.81. The third-order valence-corrected chi connectivity index (χ3v) is 2.65. The number of anilines is 1. The highest BCUT2D eigenvalue weighted by molar-refractivity contribution is 6.30. The number of carbonyl (C=O) groups is 2. The summed E-state index contributed by atoms with van der Waals surface area (Å²) in [5, 5.41) is 11.7. The van der Waals surface area contributed by atoms with E-state index in [1.165, 1.54) is 6.20 Å². The lowest BCUT2D eigenvalue weighted by atomic mass is 10.3. The molecule has 2 unspecified atom stereocenters. The van der Waals surface area contributed by atoms with Gasteiger partial charge in [-0.25, -0.2) is 4.98 Å². The Kier molecular flexibility index (Phi) is 2.78. The molecule has 0 bridgehead atoms. The Hall–Kier alpha value is -1.62. The maximum absolute atomic E-state index is 11.5. The Morgan fingerprint density at radius 1 is 1.44 bits per heavy atom. The molecule has 1 amide bonds. The van der Waals surface area contributed by atoms with Crippen LogP contribution in [0.15, 0.2) is 18.3 Å². The SMILES string of the molecule is O=C(O)C1CC1C(=O)Nc1ccc(Cl)cn1. The van der Waals surface area contributed by atoms with Crippen LogP contribution in [0.4, 0.5) is 5.82 Å². The van der Waals surface area contributed by atoms with Crippen molar-refractivity contribution < 1.29 is 14.7 Å². The summed E-state index contributed by atoms with van der Waals surface area (Å²) in [5.74, 6) is -1.83. The summed E-state index contributed by atoms with van der Waals surface area (Å²) >= 11 is 5.63. The van der Waals surface area contributed by atoms with E-state index in [4.69, 9.17) is 16.7 Å². The molecule has 1 aliphatic carbocycles. The molecule has 1 aliphatic rings. The van der Waals surface area contributed by atoms with Gasteiger partial charge < -0.3 is 10.4 Å². The van der Waals surface area contributed by atoms with Gasteiger partial charge in [0, 0.05) is 6.20 Å². The van der Waals surface area contributed by atoms with E-state index in [2.05, 4.69) is 10.3 Å². The zero-order valence-corrected chi connectivity index (χ0v) is 8.94. The minimum atomic E-state index is -0.927. The molecule has 0 aromatic carbocycles. The number of aliphatic carboxylic acids is 1. The van der Waals surface area contributed by atoms with E-state index in [0.717, 1.165) is 0 Å². The number of amides is 1. The van der Waals surface area contributed by atoms with E-state index in [1.807, 2.05) is 0 Å². The minimum absolute atomic E-state index is 0.303.